The highest BCUT2D eigenvalue weighted by atomic mass is 35.5. The zero-order valence-electron chi connectivity index (χ0n) is 15.6. The van der Waals surface area contributed by atoms with E-state index in [1.807, 2.05) is 13.8 Å². The van der Waals surface area contributed by atoms with Crippen molar-refractivity contribution in [2.75, 3.05) is 13.7 Å². The molecule has 0 spiro atoms. The van der Waals surface area contributed by atoms with Crippen molar-refractivity contribution in [2.45, 2.75) is 33.2 Å². The number of ether oxygens (including phenoxy) is 2. The fourth-order valence-electron chi connectivity index (χ4n) is 2.65. The minimum Gasteiger partial charge on any atom is -0.467 e. The van der Waals surface area contributed by atoms with Crippen LogP contribution in [0.4, 0.5) is 0 Å². The quantitative estimate of drug-likeness (QED) is 0.723. The van der Waals surface area contributed by atoms with Crippen molar-refractivity contribution in [3.05, 3.63) is 34.5 Å². The maximum atomic E-state index is 12.3. The van der Waals surface area contributed by atoms with E-state index >= 15 is 0 Å². The van der Waals surface area contributed by atoms with Gasteiger partial charge >= 0.3 is 11.9 Å². The zero-order chi connectivity index (χ0) is 20.1. The van der Waals surface area contributed by atoms with Crippen LogP contribution in [0.1, 0.15) is 36.4 Å². The molecule has 0 unspecified atom stereocenters. The summed E-state index contributed by atoms with van der Waals surface area (Å²) in [5.74, 6) is -1.74. The summed E-state index contributed by atoms with van der Waals surface area (Å²) in [5, 5.41) is 3.73. The largest absolute Gasteiger partial charge is 0.467 e. The molecular formula is C19H22ClNO6. The van der Waals surface area contributed by atoms with Crippen molar-refractivity contribution in [1.82, 2.24) is 5.32 Å². The van der Waals surface area contributed by atoms with Gasteiger partial charge in [-0.15, -0.1) is 0 Å². The van der Waals surface area contributed by atoms with Gasteiger partial charge in [-0.25, -0.2) is 9.59 Å². The Kier molecular flexibility index (Phi) is 6.85. The molecule has 1 aromatic carbocycles. The Morgan fingerprint density at radius 1 is 1.26 bits per heavy atom. The molecule has 1 heterocycles. The van der Waals surface area contributed by atoms with Gasteiger partial charge in [0.15, 0.2) is 6.61 Å². The van der Waals surface area contributed by atoms with E-state index in [9.17, 15) is 14.4 Å². The third-order valence-corrected chi connectivity index (χ3v) is 4.18. The van der Waals surface area contributed by atoms with Crippen LogP contribution < -0.4 is 5.32 Å². The lowest BCUT2D eigenvalue weighted by atomic mass is 10.0. The molecule has 0 aliphatic carbocycles. The first kappa shape index (κ1) is 20.8. The molecule has 8 heteroatoms. The van der Waals surface area contributed by atoms with Crippen LogP contribution in [-0.2, 0) is 19.1 Å². The molecule has 0 aliphatic rings. The van der Waals surface area contributed by atoms with Gasteiger partial charge in [0.2, 0.25) is 5.76 Å². The van der Waals surface area contributed by atoms with Gasteiger partial charge in [-0.3, -0.25) is 4.79 Å². The molecule has 146 valence electrons. The van der Waals surface area contributed by atoms with Crippen LogP contribution in [0, 0.1) is 12.8 Å². The molecule has 0 radical (unpaired) electrons. The average Bonchev–Trinajstić information content (AvgIpc) is 2.94. The predicted molar refractivity (Wildman–Crippen MR) is 99.6 cm³/mol. The van der Waals surface area contributed by atoms with Gasteiger partial charge < -0.3 is 19.2 Å². The Hall–Kier alpha value is -2.54. The van der Waals surface area contributed by atoms with E-state index in [1.54, 1.807) is 25.1 Å². The summed E-state index contributed by atoms with van der Waals surface area (Å²) in [4.78, 5) is 36.0. The number of aryl methyl sites for hydroxylation is 1. The molecule has 0 bridgehead atoms. The molecule has 0 saturated heterocycles. The SMILES string of the molecule is COC(=O)[C@@H](CC(C)C)NC(=O)COC(=O)c1oc2ccc(Cl)cc2c1C. The molecule has 1 aromatic heterocycles. The number of halogens is 1. The number of amides is 1. The first-order chi connectivity index (χ1) is 12.7. The Morgan fingerprint density at radius 3 is 2.59 bits per heavy atom. The van der Waals surface area contributed by atoms with E-state index in [1.165, 1.54) is 7.11 Å². The minimum absolute atomic E-state index is 0.00626. The summed E-state index contributed by atoms with van der Waals surface area (Å²) < 4.78 is 15.2. The van der Waals surface area contributed by atoms with E-state index in [0.29, 0.717) is 28.0 Å². The van der Waals surface area contributed by atoms with Crippen molar-refractivity contribution in [3.8, 4) is 0 Å². The third kappa shape index (κ3) is 5.23. The van der Waals surface area contributed by atoms with Crippen LogP contribution in [0.5, 0.6) is 0 Å². The van der Waals surface area contributed by atoms with Gasteiger partial charge in [-0.2, -0.15) is 0 Å². The van der Waals surface area contributed by atoms with Crippen LogP contribution in [0.2, 0.25) is 5.02 Å². The van der Waals surface area contributed by atoms with E-state index in [0.717, 1.165) is 0 Å². The molecule has 7 nitrogen and oxygen atoms in total. The van der Waals surface area contributed by atoms with Crippen LogP contribution >= 0.6 is 11.6 Å². The van der Waals surface area contributed by atoms with Gasteiger partial charge in [0, 0.05) is 16.0 Å². The summed E-state index contributed by atoms with van der Waals surface area (Å²) in [5.41, 5.74) is 1.07. The van der Waals surface area contributed by atoms with Crippen molar-refractivity contribution in [2.24, 2.45) is 5.92 Å². The number of esters is 2. The fourth-order valence-corrected chi connectivity index (χ4v) is 2.82. The van der Waals surface area contributed by atoms with Gasteiger partial charge in [0.1, 0.15) is 11.6 Å². The molecule has 27 heavy (non-hydrogen) atoms. The second kappa shape index (κ2) is 8.90. The number of fused-ring (bicyclic) bond motifs is 1. The van der Waals surface area contributed by atoms with Gasteiger partial charge in [0.05, 0.1) is 7.11 Å². The highest BCUT2D eigenvalue weighted by Crippen LogP contribution is 2.28. The Bertz CT molecular complexity index is 857. The maximum absolute atomic E-state index is 12.3. The topological polar surface area (TPSA) is 94.8 Å². The van der Waals surface area contributed by atoms with Gasteiger partial charge in [-0.1, -0.05) is 25.4 Å². The van der Waals surface area contributed by atoms with E-state index in [-0.39, 0.29) is 11.7 Å². The van der Waals surface area contributed by atoms with Crippen LogP contribution in [0.25, 0.3) is 11.0 Å². The van der Waals surface area contributed by atoms with Crippen molar-refractivity contribution >= 4 is 40.4 Å². The summed E-state index contributed by atoms with van der Waals surface area (Å²) in [6.07, 6.45) is 0.413. The van der Waals surface area contributed by atoms with E-state index in [2.05, 4.69) is 10.1 Å². The summed E-state index contributed by atoms with van der Waals surface area (Å²) in [6.45, 7) is 4.99. The smallest absolute Gasteiger partial charge is 0.375 e. The minimum atomic E-state index is -0.795. The lowest BCUT2D eigenvalue weighted by Crippen LogP contribution is -2.44. The normalized spacial score (nSPS) is 12.1. The summed E-state index contributed by atoms with van der Waals surface area (Å²) in [6, 6.07) is 4.20. The third-order valence-electron chi connectivity index (χ3n) is 3.95. The Morgan fingerprint density at radius 2 is 1.96 bits per heavy atom. The molecular weight excluding hydrogens is 374 g/mol. The molecule has 2 aromatic rings. The van der Waals surface area contributed by atoms with Gasteiger partial charge in [0.25, 0.3) is 5.91 Å². The molecule has 0 fully saturated rings. The van der Waals surface area contributed by atoms with E-state index in [4.69, 9.17) is 20.8 Å². The number of benzene rings is 1. The number of furan rings is 1. The summed E-state index contributed by atoms with van der Waals surface area (Å²) >= 11 is 5.96. The first-order valence-electron chi connectivity index (χ1n) is 8.45. The highest BCUT2D eigenvalue weighted by Gasteiger charge is 2.24. The number of methoxy groups -OCH3 is 1. The number of nitrogens with one attached hydrogen (secondary N) is 1. The maximum Gasteiger partial charge on any atom is 0.375 e. The average molecular weight is 396 g/mol. The lowest BCUT2D eigenvalue weighted by Gasteiger charge is -2.18. The molecule has 1 atom stereocenters. The van der Waals surface area contributed by atoms with Crippen LogP contribution in [-0.4, -0.2) is 37.6 Å². The number of carbonyl (C=O) groups is 3. The zero-order valence-corrected chi connectivity index (χ0v) is 16.4. The van der Waals surface area contributed by atoms with Crippen molar-refractivity contribution in [3.63, 3.8) is 0 Å². The molecule has 0 aliphatic heterocycles. The highest BCUT2D eigenvalue weighted by molar-refractivity contribution is 6.31. The predicted octanol–water partition coefficient (Wildman–Crippen LogP) is 3.26. The lowest BCUT2D eigenvalue weighted by molar-refractivity contribution is -0.145. The number of carbonyl (C=O) groups excluding carboxylic acids is 3. The van der Waals surface area contributed by atoms with Crippen molar-refractivity contribution < 1.29 is 28.3 Å². The molecule has 1 N–H and O–H groups in total. The second-order valence-corrected chi connectivity index (χ2v) is 6.98. The van der Waals surface area contributed by atoms with Gasteiger partial charge in [-0.05, 0) is 37.5 Å². The Labute approximate surface area is 161 Å². The fraction of sp³-hybridized carbons (Fsp3) is 0.421. The van der Waals surface area contributed by atoms with Crippen LogP contribution in [0.3, 0.4) is 0 Å². The Balaban J connectivity index is 2.01. The molecule has 2 rings (SSSR count). The van der Waals surface area contributed by atoms with E-state index < -0.39 is 30.5 Å². The number of hydrogen-bond donors (Lipinski definition) is 1. The standard InChI is InChI=1S/C19H22ClNO6/c1-10(2)7-14(18(23)25-4)21-16(22)9-26-19(24)17-11(3)13-8-12(20)5-6-15(13)27-17/h5-6,8,10,14H,7,9H2,1-4H3,(H,21,22)/t14-/m1/s1. The monoisotopic (exact) mass is 395 g/mol. The van der Waals surface area contributed by atoms with Crippen molar-refractivity contribution in [1.29, 1.82) is 0 Å². The summed E-state index contributed by atoms with van der Waals surface area (Å²) in [7, 11) is 1.25. The number of rotatable bonds is 7. The number of hydrogen-bond acceptors (Lipinski definition) is 6. The second-order valence-electron chi connectivity index (χ2n) is 6.55. The molecule has 0 saturated carbocycles. The first-order valence-corrected chi connectivity index (χ1v) is 8.83. The van der Waals surface area contributed by atoms with Crippen LogP contribution in [0.15, 0.2) is 22.6 Å². The molecule has 1 amide bonds.